The summed E-state index contributed by atoms with van der Waals surface area (Å²) in [5.74, 6) is 0. The van der Waals surface area contributed by atoms with Crippen molar-refractivity contribution in [2.24, 2.45) is 7.05 Å². The molecule has 0 spiro atoms. The smallest absolute Gasteiger partial charge is 0.302 e. The number of nitrogens with zero attached hydrogens (tertiary/aromatic N) is 2. The zero-order valence-corrected chi connectivity index (χ0v) is 10.2. The molecule has 0 aliphatic heterocycles. The van der Waals surface area contributed by atoms with E-state index in [0.29, 0.717) is 10.9 Å². The first-order valence-electron chi connectivity index (χ1n) is 5.41. The molecule has 0 saturated heterocycles. The zero-order valence-electron chi connectivity index (χ0n) is 10.2. The Hall–Kier alpha value is -1.88. The third kappa shape index (κ3) is 1.78. The topological polar surface area (TPSA) is 56.0 Å². The Morgan fingerprint density at radius 2 is 2.00 bits per heavy atom. The van der Waals surface area contributed by atoms with Crippen LogP contribution < -0.4 is 16.6 Å². The molecule has 1 heterocycles. The van der Waals surface area contributed by atoms with Crippen molar-refractivity contribution in [3.8, 4) is 0 Å². The molecule has 0 unspecified atom stereocenters. The minimum atomic E-state index is -0.305. The molecule has 0 fully saturated rings. The summed E-state index contributed by atoms with van der Waals surface area (Å²) in [5, 5.41) is 3.39. The molecule has 0 aliphatic carbocycles. The Bertz CT molecular complexity index is 682. The maximum Gasteiger partial charge on any atom is 0.332 e. The first-order valence-corrected chi connectivity index (χ1v) is 5.41. The molecule has 0 aliphatic rings. The highest BCUT2D eigenvalue weighted by atomic mass is 16.2. The van der Waals surface area contributed by atoms with Crippen LogP contribution in [0.2, 0.25) is 0 Å². The van der Waals surface area contributed by atoms with Crippen molar-refractivity contribution in [1.82, 2.24) is 14.5 Å². The molecule has 0 bridgehead atoms. The lowest BCUT2D eigenvalue weighted by Crippen LogP contribution is -2.41. The Labute approximate surface area is 98.3 Å². The summed E-state index contributed by atoms with van der Waals surface area (Å²) >= 11 is 0. The van der Waals surface area contributed by atoms with Crippen molar-refractivity contribution in [1.29, 1.82) is 0 Å². The molecule has 1 aromatic carbocycles. The molecule has 17 heavy (non-hydrogen) atoms. The molecule has 2 aromatic rings. The van der Waals surface area contributed by atoms with Crippen molar-refractivity contribution in [2.75, 3.05) is 7.05 Å². The van der Waals surface area contributed by atoms with E-state index >= 15 is 0 Å². The molecule has 2 rings (SSSR count). The van der Waals surface area contributed by atoms with Gasteiger partial charge in [0.1, 0.15) is 0 Å². The number of fused-ring (bicyclic) bond motifs is 1. The van der Waals surface area contributed by atoms with Gasteiger partial charge in [0, 0.05) is 7.05 Å². The summed E-state index contributed by atoms with van der Waals surface area (Å²) in [6.45, 7) is 2.14. The van der Waals surface area contributed by atoms with Gasteiger partial charge in [-0.25, -0.2) is 9.36 Å². The van der Waals surface area contributed by atoms with Gasteiger partial charge in [0.2, 0.25) is 0 Å². The van der Waals surface area contributed by atoms with Gasteiger partial charge in [-0.1, -0.05) is 11.6 Å². The van der Waals surface area contributed by atoms with Crippen LogP contribution in [0.25, 0.3) is 10.9 Å². The number of aryl methyl sites for hydroxylation is 2. The molecule has 1 N–H and O–H groups in total. The molecular weight excluding hydrogens is 218 g/mol. The second kappa shape index (κ2) is 4.18. The van der Waals surface area contributed by atoms with Crippen molar-refractivity contribution in [3.05, 3.63) is 44.6 Å². The van der Waals surface area contributed by atoms with Crippen LogP contribution in [0, 0.1) is 6.92 Å². The maximum absolute atomic E-state index is 12.2. The second-order valence-corrected chi connectivity index (χ2v) is 4.11. The second-order valence-electron chi connectivity index (χ2n) is 4.11. The summed E-state index contributed by atoms with van der Waals surface area (Å²) in [4.78, 5) is 24.1. The molecule has 1 aromatic heterocycles. The average Bonchev–Trinajstić information content (AvgIpc) is 2.32. The maximum atomic E-state index is 12.2. The number of benzene rings is 1. The van der Waals surface area contributed by atoms with E-state index in [1.165, 1.54) is 9.13 Å². The highest BCUT2D eigenvalue weighted by molar-refractivity contribution is 5.78. The molecule has 0 atom stereocenters. The zero-order chi connectivity index (χ0) is 12.6. The average molecular weight is 233 g/mol. The highest BCUT2D eigenvalue weighted by Crippen LogP contribution is 2.09. The minimum Gasteiger partial charge on any atom is -0.302 e. The fourth-order valence-electron chi connectivity index (χ4n) is 1.93. The fourth-order valence-corrected chi connectivity index (χ4v) is 1.93. The highest BCUT2D eigenvalue weighted by Gasteiger charge is 2.09. The van der Waals surface area contributed by atoms with Crippen LogP contribution in [-0.2, 0) is 13.7 Å². The normalized spacial score (nSPS) is 11.0. The molecule has 90 valence electrons. The van der Waals surface area contributed by atoms with E-state index in [9.17, 15) is 9.59 Å². The van der Waals surface area contributed by atoms with Gasteiger partial charge in [-0.15, -0.1) is 0 Å². The molecule has 0 radical (unpaired) electrons. The summed E-state index contributed by atoms with van der Waals surface area (Å²) in [7, 11) is 3.37. The lowest BCUT2D eigenvalue weighted by atomic mass is 10.1. The van der Waals surface area contributed by atoms with Crippen LogP contribution in [0.4, 0.5) is 0 Å². The molecular formula is C12H15N3O2. The summed E-state index contributed by atoms with van der Waals surface area (Å²) < 4.78 is 2.69. The predicted molar refractivity (Wildman–Crippen MR) is 67.2 cm³/mol. The predicted octanol–water partition coefficient (Wildman–Crippen LogP) is 0.186. The van der Waals surface area contributed by atoms with E-state index in [4.69, 9.17) is 0 Å². The van der Waals surface area contributed by atoms with Gasteiger partial charge in [-0.05, 0) is 26.1 Å². The van der Waals surface area contributed by atoms with Crippen molar-refractivity contribution >= 4 is 10.9 Å². The lowest BCUT2D eigenvalue weighted by Gasteiger charge is -2.10. The van der Waals surface area contributed by atoms with Gasteiger partial charge in [-0.3, -0.25) is 9.36 Å². The monoisotopic (exact) mass is 233 g/mol. The van der Waals surface area contributed by atoms with Crippen LogP contribution in [0.15, 0.2) is 27.8 Å². The SMILES string of the molecule is CNCn1c(=O)c2cc(C)ccc2n(C)c1=O. The number of hydrogen-bond acceptors (Lipinski definition) is 3. The van der Waals surface area contributed by atoms with Crippen LogP contribution in [-0.4, -0.2) is 16.2 Å². The molecule has 5 heteroatoms. The summed E-state index contributed by atoms with van der Waals surface area (Å²) in [6.07, 6.45) is 0. The van der Waals surface area contributed by atoms with E-state index in [1.54, 1.807) is 20.2 Å². The van der Waals surface area contributed by atoms with Crippen LogP contribution in [0.1, 0.15) is 5.56 Å². The number of nitrogens with one attached hydrogen (secondary N) is 1. The Morgan fingerprint density at radius 3 is 2.65 bits per heavy atom. The van der Waals surface area contributed by atoms with Gasteiger partial charge in [0.25, 0.3) is 5.56 Å². The minimum absolute atomic E-state index is 0.218. The van der Waals surface area contributed by atoms with E-state index in [-0.39, 0.29) is 17.9 Å². The third-order valence-corrected chi connectivity index (χ3v) is 2.82. The van der Waals surface area contributed by atoms with E-state index in [1.807, 2.05) is 19.1 Å². The largest absolute Gasteiger partial charge is 0.332 e. The van der Waals surface area contributed by atoms with Crippen molar-refractivity contribution in [2.45, 2.75) is 13.6 Å². The first-order chi connectivity index (χ1) is 8.06. The quantitative estimate of drug-likeness (QED) is 0.805. The van der Waals surface area contributed by atoms with Gasteiger partial charge in [0.05, 0.1) is 17.6 Å². The molecule has 5 nitrogen and oxygen atoms in total. The van der Waals surface area contributed by atoms with Gasteiger partial charge in [-0.2, -0.15) is 0 Å². The van der Waals surface area contributed by atoms with Crippen LogP contribution in [0.3, 0.4) is 0 Å². The van der Waals surface area contributed by atoms with Crippen LogP contribution >= 0.6 is 0 Å². The van der Waals surface area contributed by atoms with Gasteiger partial charge >= 0.3 is 5.69 Å². The van der Waals surface area contributed by atoms with E-state index in [2.05, 4.69) is 5.32 Å². The third-order valence-electron chi connectivity index (χ3n) is 2.82. The van der Waals surface area contributed by atoms with Crippen molar-refractivity contribution in [3.63, 3.8) is 0 Å². The molecule has 0 amide bonds. The molecule has 0 saturated carbocycles. The van der Waals surface area contributed by atoms with E-state index < -0.39 is 0 Å². The number of aromatic nitrogens is 2. The first kappa shape index (κ1) is 11.6. The number of rotatable bonds is 2. The fraction of sp³-hybridized carbons (Fsp3) is 0.333. The summed E-state index contributed by atoms with van der Waals surface area (Å²) in [6, 6.07) is 5.50. The summed E-state index contributed by atoms with van der Waals surface area (Å²) in [5.41, 5.74) is 1.11. The Balaban J connectivity index is 2.96. The van der Waals surface area contributed by atoms with Crippen molar-refractivity contribution < 1.29 is 0 Å². The standard InChI is InChI=1S/C12H15N3O2/c1-8-4-5-10-9(6-8)11(16)15(7-13-2)12(17)14(10)3/h4-6,13H,7H2,1-3H3. The van der Waals surface area contributed by atoms with Gasteiger partial charge in [0.15, 0.2) is 0 Å². The lowest BCUT2D eigenvalue weighted by molar-refractivity contribution is 0.553. The Kier molecular flexibility index (Phi) is 2.85. The number of hydrogen-bond donors (Lipinski definition) is 1. The van der Waals surface area contributed by atoms with Gasteiger partial charge < -0.3 is 5.32 Å². The van der Waals surface area contributed by atoms with Crippen LogP contribution in [0.5, 0.6) is 0 Å². The Morgan fingerprint density at radius 1 is 1.29 bits per heavy atom. The van der Waals surface area contributed by atoms with E-state index in [0.717, 1.165) is 5.56 Å².